The van der Waals surface area contributed by atoms with Crippen molar-refractivity contribution in [1.29, 1.82) is 0 Å². The highest BCUT2D eigenvalue weighted by atomic mass is 32.2. The van der Waals surface area contributed by atoms with Crippen LogP contribution in [0, 0.1) is 5.82 Å². The molecule has 0 aliphatic carbocycles. The second kappa shape index (κ2) is 6.48. The maximum absolute atomic E-state index is 14.0. The first-order chi connectivity index (χ1) is 12.4. The molecule has 0 saturated carbocycles. The summed E-state index contributed by atoms with van der Waals surface area (Å²) < 4.78 is 42.8. The molecule has 1 unspecified atom stereocenters. The average molecular weight is 393 g/mol. The van der Waals surface area contributed by atoms with Crippen LogP contribution in [0.15, 0.2) is 45.1 Å². The standard InChI is InChI=1S/C17H16FN3O3S2/c1-26(22,23)15-7-6-14(25-15)16-19-17(24-20-16)11-8-9-21(10-11)13-5-3-2-4-12(13)18/h2-7,11H,8-10H2,1H3. The Morgan fingerprint density at radius 1 is 1.27 bits per heavy atom. The van der Waals surface area contributed by atoms with E-state index in [-0.39, 0.29) is 15.9 Å². The first-order valence-corrected chi connectivity index (χ1v) is 10.8. The number of thiophene rings is 1. The van der Waals surface area contributed by atoms with Crippen molar-refractivity contribution in [2.45, 2.75) is 16.5 Å². The summed E-state index contributed by atoms with van der Waals surface area (Å²) in [4.78, 5) is 7.04. The molecule has 3 aromatic rings. The van der Waals surface area contributed by atoms with Crippen LogP contribution < -0.4 is 4.90 Å². The van der Waals surface area contributed by atoms with Crippen molar-refractivity contribution >= 4 is 26.9 Å². The molecule has 0 radical (unpaired) electrons. The highest BCUT2D eigenvalue weighted by Gasteiger charge is 2.30. The third-order valence-corrected chi connectivity index (χ3v) is 7.24. The van der Waals surface area contributed by atoms with E-state index in [2.05, 4.69) is 10.1 Å². The Labute approximate surface area is 154 Å². The van der Waals surface area contributed by atoms with E-state index in [9.17, 15) is 12.8 Å². The number of hydrogen-bond donors (Lipinski definition) is 0. The lowest BCUT2D eigenvalue weighted by molar-refractivity contribution is 0.360. The Morgan fingerprint density at radius 2 is 2.08 bits per heavy atom. The van der Waals surface area contributed by atoms with Crippen LogP contribution in [0.1, 0.15) is 18.2 Å². The van der Waals surface area contributed by atoms with E-state index >= 15 is 0 Å². The zero-order valence-electron chi connectivity index (χ0n) is 13.9. The van der Waals surface area contributed by atoms with Gasteiger partial charge >= 0.3 is 0 Å². The van der Waals surface area contributed by atoms with Crippen LogP contribution in [0.25, 0.3) is 10.7 Å². The third kappa shape index (κ3) is 3.24. The Bertz CT molecular complexity index is 1040. The summed E-state index contributed by atoms with van der Waals surface area (Å²) in [5.41, 5.74) is 0.575. The van der Waals surface area contributed by atoms with Gasteiger partial charge in [-0.05, 0) is 30.7 Å². The zero-order chi connectivity index (χ0) is 18.3. The first-order valence-electron chi connectivity index (χ1n) is 8.05. The normalized spacial score (nSPS) is 17.8. The number of rotatable bonds is 4. The second-order valence-corrected chi connectivity index (χ2v) is 9.56. The van der Waals surface area contributed by atoms with Gasteiger partial charge in [0.25, 0.3) is 0 Å². The lowest BCUT2D eigenvalue weighted by Gasteiger charge is -2.18. The van der Waals surface area contributed by atoms with Crippen molar-refractivity contribution in [3.63, 3.8) is 0 Å². The zero-order valence-corrected chi connectivity index (χ0v) is 15.6. The lowest BCUT2D eigenvalue weighted by atomic mass is 10.1. The number of nitrogens with zero attached hydrogens (tertiary/aromatic N) is 3. The number of halogens is 1. The van der Waals surface area contributed by atoms with Crippen LogP contribution in [-0.4, -0.2) is 37.9 Å². The summed E-state index contributed by atoms with van der Waals surface area (Å²) in [7, 11) is -3.25. The summed E-state index contributed by atoms with van der Waals surface area (Å²) in [5.74, 6) is 0.647. The van der Waals surface area contributed by atoms with Crippen molar-refractivity contribution in [2.24, 2.45) is 0 Å². The van der Waals surface area contributed by atoms with Gasteiger partial charge in [-0.3, -0.25) is 0 Å². The highest BCUT2D eigenvalue weighted by Crippen LogP contribution is 2.34. The SMILES string of the molecule is CS(=O)(=O)c1ccc(-c2noc(C3CCN(c4ccccc4F)C3)n2)s1. The number of para-hydroxylation sites is 1. The van der Waals surface area contributed by atoms with E-state index in [0.717, 1.165) is 17.8 Å². The second-order valence-electron chi connectivity index (χ2n) is 6.23. The Hall–Kier alpha value is -2.26. The first kappa shape index (κ1) is 17.2. The van der Waals surface area contributed by atoms with Crippen LogP contribution in [0.4, 0.5) is 10.1 Å². The van der Waals surface area contributed by atoms with Gasteiger partial charge in [-0.15, -0.1) is 11.3 Å². The molecule has 0 spiro atoms. The van der Waals surface area contributed by atoms with E-state index in [1.807, 2.05) is 11.0 Å². The maximum atomic E-state index is 14.0. The summed E-state index contributed by atoms with van der Waals surface area (Å²) in [6.45, 7) is 1.31. The molecule has 1 aromatic carbocycles. The Balaban J connectivity index is 1.52. The third-order valence-electron chi connectivity index (χ3n) is 4.34. The summed E-state index contributed by atoms with van der Waals surface area (Å²) >= 11 is 1.12. The van der Waals surface area contributed by atoms with E-state index < -0.39 is 9.84 Å². The van der Waals surface area contributed by atoms with Crippen molar-refractivity contribution in [3.8, 4) is 10.7 Å². The minimum atomic E-state index is -3.25. The van der Waals surface area contributed by atoms with Gasteiger partial charge in [0.1, 0.15) is 10.0 Å². The Morgan fingerprint density at radius 3 is 2.81 bits per heavy atom. The summed E-state index contributed by atoms with van der Waals surface area (Å²) in [6, 6.07) is 9.91. The number of anilines is 1. The number of aromatic nitrogens is 2. The largest absolute Gasteiger partial charge is 0.368 e. The highest BCUT2D eigenvalue weighted by molar-refractivity contribution is 7.92. The van der Waals surface area contributed by atoms with Crippen molar-refractivity contribution in [1.82, 2.24) is 10.1 Å². The van der Waals surface area contributed by atoms with E-state index in [4.69, 9.17) is 4.52 Å². The number of benzene rings is 1. The monoisotopic (exact) mass is 393 g/mol. The van der Waals surface area contributed by atoms with Crippen LogP contribution in [0.3, 0.4) is 0 Å². The number of hydrogen-bond acceptors (Lipinski definition) is 7. The molecule has 4 rings (SSSR count). The van der Waals surface area contributed by atoms with E-state index in [0.29, 0.717) is 35.4 Å². The molecule has 1 fully saturated rings. The molecule has 0 bridgehead atoms. The summed E-state index contributed by atoms with van der Waals surface area (Å²) in [5, 5.41) is 3.98. The fourth-order valence-corrected chi connectivity index (χ4v) is 4.88. The molecule has 26 heavy (non-hydrogen) atoms. The molecule has 0 amide bonds. The van der Waals surface area contributed by atoms with Gasteiger partial charge in [-0.2, -0.15) is 4.98 Å². The molecule has 136 valence electrons. The van der Waals surface area contributed by atoms with Crippen molar-refractivity contribution in [2.75, 3.05) is 24.2 Å². The molecule has 3 heterocycles. The predicted molar refractivity (Wildman–Crippen MR) is 96.7 cm³/mol. The van der Waals surface area contributed by atoms with E-state index in [1.54, 1.807) is 24.3 Å². The van der Waals surface area contributed by atoms with Crippen LogP contribution in [0.2, 0.25) is 0 Å². The minimum absolute atomic E-state index is 0.0187. The number of sulfone groups is 1. The molecule has 6 nitrogen and oxygen atoms in total. The van der Waals surface area contributed by atoms with Gasteiger partial charge in [0.2, 0.25) is 11.7 Å². The lowest BCUT2D eigenvalue weighted by Crippen LogP contribution is -2.20. The molecule has 1 aliphatic rings. The predicted octanol–water partition coefficient (Wildman–Crippen LogP) is 3.33. The molecular formula is C17H16FN3O3S2. The van der Waals surface area contributed by atoms with Crippen LogP contribution in [-0.2, 0) is 9.84 Å². The molecular weight excluding hydrogens is 377 g/mol. The van der Waals surface area contributed by atoms with Gasteiger partial charge in [-0.25, -0.2) is 12.8 Å². The molecule has 9 heteroatoms. The minimum Gasteiger partial charge on any atom is -0.368 e. The molecule has 0 N–H and O–H groups in total. The van der Waals surface area contributed by atoms with Gasteiger partial charge in [0, 0.05) is 19.3 Å². The average Bonchev–Trinajstić information content (AvgIpc) is 3.33. The van der Waals surface area contributed by atoms with Gasteiger partial charge < -0.3 is 9.42 Å². The molecule has 1 aliphatic heterocycles. The van der Waals surface area contributed by atoms with E-state index in [1.165, 1.54) is 12.3 Å². The van der Waals surface area contributed by atoms with Crippen LogP contribution >= 0.6 is 11.3 Å². The Kier molecular flexibility index (Phi) is 4.28. The molecule has 1 atom stereocenters. The smallest absolute Gasteiger partial charge is 0.231 e. The van der Waals surface area contributed by atoms with Crippen LogP contribution in [0.5, 0.6) is 0 Å². The van der Waals surface area contributed by atoms with Gasteiger partial charge in [0.05, 0.1) is 16.5 Å². The fraction of sp³-hybridized carbons (Fsp3) is 0.294. The quantitative estimate of drug-likeness (QED) is 0.677. The maximum Gasteiger partial charge on any atom is 0.231 e. The van der Waals surface area contributed by atoms with Gasteiger partial charge in [-0.1, -0.05) is 17.3 Å². The van der Waals surface area contributed by atoms with Gasteiger partial charge in [0.15, 0.2) is 9.84 Å². The molecule has 2 aromatic heterocycles. The fourth-order valence-electron chi connectivity index (χ4n) is 3.03. The van der Waals surface area contributed by atoms with Crippen molar-refractivity contribution < 1.29 is 17.3 Å². The van der Waals surface area contributed by atoms with Crippen molar-refractivity contribution in [3.05, 3.63) is 48.1 Å². The molecule has 1 saturated heterocycles. The topological polar surface area (TPSA) is 76.3 Å². The summed E-state index contributed by atoms with van der Waals surface area (Å²) in [6.07, 6.45) is 1.95.